The molecule has 0 atom stereocenters. The summed E-state index contributed by atoms with van der Waals surface area (Å²) in [5, 5.41) is 10.7. The highest BCUT2D eigenvalue weighted by molar-refractivity contribution is 6.25. The van der Waals surface area contributed by atoms with Gasteiger partial charge in [-0.05, 0) is 29.5 Å². The number of allylic oxidation sites excluding steroid dienone is 2. The van der Waals surface area contributed by atoms with Crippen LogP contribution in [0.5, 0.6) is 0 Å². The molecule has 2 aromatic carbocycles. The molecule has 0 bridgehead atoms. The van der Waals surface area contributed by atoms with E-state index in [0.717, 1.165) is 5.56 Å². The molecule has 2 aromatic rings. The molecule has 1 aliphatic carbocycles. The van der Waals surface area contributed by atoms with Crippen molar-refractivity contribution in [1.82, 2.24) is 0 Å². The van der Waals surface area contributed by atoms with Gasteiger partial charge in [0.1, 0.15) is 5.76 Å². The first-order valence-corrected chi connectivity index (χ1v) is 8.77. The van der Waals surface area contributed by atoms with Gasteiger partial charge in [-0.3, -0.25) is 9.79 Å². The van der Waals surface area contributed by atoms with Gasteiger partial charge in [0.15, 0.2) is 5.78 Å². The maximum absolute atomic E-state index is 12.8. The zero-order chi connectivity index (χ0) is 18.7. The molecule has 134 valence electrons. The molecular formula is C22H24N2O2. The number of benzene rings is 2. The predicted molar refractivity (Wildman–Crippen MR) is 106 cm³/mol. The Morgan fingerprint density at radius 1 is 1.08 bits per heavy atom. The average molecular weight is 348 g/mol. The van der Waals surface area contributed by atoms with Crippen molar-refractivity contribution in [3.63, 3.8) is 0 Å². The van der Waals surface area contributed by atoms with Crippen LogP contribution in [0.3, 0.4) is 0 Å². The van der Waals surface area contributed by atoms with Gasteiger partial charge in [0.2, 0.25) is 0 Å². The molecule has 26 heavy (non-hydrogen) atoms. The van der Waals surface area contributed by atoms with Gasteiger partial charge in [-0.15, -0.1) is 0 Å². The molecule has 4 nitrogen and oxygen atoms in total. The zero-order valence-electron chi connectivity index (χ0n) is 15.2. The first-order valence-electron chi connectivity index (χ1n) is 8.77. The zero-order valence-corrected chi connectivity index (χ0v) is 15.2. The predicted octanol–water partition coefficient (Wildman–Crippen LogP) is 4.79. The number of rotatable bonds is 3. The van der Waals surface area contributed by atoms with Crippen LogP contribution in [0.4, 0.5) is 11.4 Å². The van der Waals surface area contributed by atoms with Gasteiger partial charge in [0, 0.05) is 12.8 Å². The molecule has 0 aliphatic heterocycles. The smallest absolute Gasteiger partial charge is 0.168 e. The Morgan fingerprint density at radius 3 is 2.42 bits per heavy atom. The molecule has 3 rings (SSSR count). The number of para-hydroxylation sites is 2. The van der Waals surface area contributed by atoms with E-state index in [1.165, 1.54) is 0 Å². The van der Waals surface area contributed by atoms with Gasteiger partial charge < -0.3 is 10.8 Å². The van der Waals surface area contributed by atoms with Crippen LogP contribution < -0.4 is 5.73 Å². The first-order chi connectivity index (χ1) is 12.4. The number of ketones is 1. The van der Waals surface area contributed by atoms with E-state index in [1.807, 2.05) is 62.4 Å². The number of aliphatic imine (C=N–C) groups is 1. The Bertz CT molecular complexity index is 880. The van der Waals surface area contributed by atoms with E-state index in [0.29, 0.717) is 41.9 Å². The van der Waals surface area contributed by atoms with Crippen molar-refractivity contribution < 1.29 is 9.90 Å². The molecular weight excluding hydrogens is 324 g/mol. The summed E-state index contributed by atoms with van der Waals surface area (Å²) in [6.45, 7) is 4.08. The highest BCUT2D eigenvalue weighted by Crippen LogP contribution is 2.37. The van der Waals surface area contributed by atoms with Crippen molar-refractivity contribution in [2.24, 2.45) is 10.4 Å². The largest absolute Gasteiger partial charge is 0.511 e. The molecule has 4 heteroatoms. The summed E-state index contributed by atoms with van der Waals surface area (Å²) in [6, 6.07) is 16.9. The van der Waals surface area contributed by atoms with E-state index < -0.39 is 0 Å². The molecule has 0 unspecified atom stereocenters. The number of nitrogen functional groups attached to an aromatic ring is 1. The maximum atomic E-state index is 12.8. The number of aliphatic hydroxyl groups is 1. The second-order valence-corrected chi connectivity index (χ2v) is 7.54. The van der Waals surface area contributed by atoms with Gasteiger partial charge in [0.05, 0.1) is 22.7 Å². The van der Waals surface area contributed by atoms with Crippen molar-refractivity contribution in [3.05, 3.63) is 71.5 Å². The lowest BCUT2D eigenvalue weighted by Crippen LogP contribution is -2.32. The Morgan fingerprint density at radius 2 is 1.73 bits per heavy atom. The number of carbonyl (C=O) groups excluding carboxylic acids is 1. The number of nitrogens with zero attached hydrogens (tertiary/aromatic N) is 1. The summed E-state index contributed by atoms with van der Waals surface area (Å²) in [5.41, 5.74) is 8.90. The molecule has 1 fully saturated rings. The highest BCUT2D eigenvalue weighted by Gasteiger charge is 2.36. The van der Waals surface area contributed by atoms with Crippen LogP contribution in [0.15, 0.2) is 70.9 Å². The molecule has 0 radical (unpaired) electrons. The number of nitrogens with two attached hydrogens (primary N) is 1. The molecule has 1 aliphatic rings. The van der Waals surface area contributed by atoms with Gasteiger partial charge in [-0.2, -0.15) is 0 Å². The van der Waals surface area contributed by atoms with E-state index in [4.69, 9.17) is 5.73 Å². The van der Waals surface area contributed by atoms with Crippen LogP contribution in [0.2, 0.25) is 0 Å². The van der Waals surface area contributed by atoms with Gasteiger partial charge >= 0.3 is 0 Å². The number of hydrogen-bond acceptors (Lipinski definition) is 4. The minimum Gasteiger partial charge on any atom is -0.511 e. The lowest BCUT2D eigenvalue weighted by atomic mass is 9.73. The summed E-state index contributed by atoms with van der Waals surface area (Å²) >= 11 is 0. The third kappa shape index (κ3) is 4.02. The van der Waals surface area contributed by atoms with E-state index in [1.54, 1.807) is 6.07 Å². The van der Waals surface area contributed by atoms with E-state index in [-0.39, 0.29) is 17.0 Å². The van der Waals surface area contributed by atoms with Crippen molar-refractivity contribution in [2.45, 2.75) is 33.1 Å². The van der Waals surface area contributed by atoms with Crippen molar-refractivity contribution in [2.75, 3.05) is 5.73 Å². The van der Waals surface area contributed by atoms with Crippen molar-refractivity contribution in [1.29, 1.82) is 0 Å². The molecule has 1 saturated carbocycles. The monoisotopic (exact) mass is 348 g/mol. The van der Waals surface area contributed by atoms with Crippen LogP contribution in [0.25, 0.3) is 0 Å². The lowest BCUT2D eigenvalue weighted by Gasteiger charge is -2.31. The number of Topliss-reactive ketones (excluding diaryl/α,β-unsaturated/α-hetero) is 1. The summed E-state index contributed by atoms with van der Waals surface area (Å²) in [4.78, 5) is 17.5. The van der Waals surface area contributed by atoms with Crippen LogP contribution in [-0.4, -0.2) is 16.6 Å². The topological polar surface area (TPSA) is 75.7 Å². The van der Waals surface area contributed by atoms with Crippen molar-refractivity contribution in [3.8, 4) is 0 Å². The van der Waals surface area contributed by atoms with Crippen molar-refractivity contribution >= 4 is 22.9 Å². The first kappa shape index (κ1) is 17.9. The summed E-state index contributed by atoms with van der Waals surface area (Å²) < 4.78 is 0. The summed E-state index contributed by atoms with van der Waals surface area (Å²) in [6.07, 6.45) is 1.32. The van der Waals surface area contributed by atoms with E-state index >= 15 is 0 Å². The van der Waals surface area contributed by atoms with Gasteiger partial charge in [-0.1, -0.05) is 56.3 Å². The minimum atomic E-state index is -0.198. The van der Waals surface area contributed by atoms with Gasteiger partial charge in [-0.25, -0.2) is 0 Å². The van der Waals surface area contributed by atoms with Crippen LogP contribution in [0, 0.1) is 5.41 Å². The fourth-order valence-electron chi connectivity index (χ4n) is 3.32. The maximum Gasteiger partial charge on any atom is 0.168 e. The van der Waals surface area contributed by atoms with E-state index in [9.17, 15) is 9.90 Å². The summed E-state index contributed by atoms with van der Waals surface area (Å²) in [7, 11) is 0. The molecule has 0 aromatic heterocycles. The van der Waals surface area contributed by atoms with Crippen LogP contribution in [0.1, 0.15) is 32.3 Å². The van der Waals surface area contributed by atoms with Crippen LogP contribution >= 0.6 is 0 Å². The number of aliphatic hydroxyl groups excluding tert-OH is 1. The normalized spacial score (nSPS) is 20.2. The Kier molecular flexibility index (Phi) is 4.94. The summed E-state index contributed by atoms with van der Waals surface area (Å²) in [5.74, 6) is 0.00730. The number of carbonyl (C=O) groups is 1. The van der Waals surface area contributed by atoms with Gasteiger partial charge in [0.25, 0.3) is 0 Å². The second-order valence-electron chi connectivity index (χ2n) is 7.54. The Hall–Kier alpha value is -2.88. The average Bonchev–Trinajstić information content (AvgIpc) is 2.56. The van der Waals surface area contributed by atoms with E-state index in [2.05, 4.69) is 4.99 Å². The molecule has 0 saturated heterocycles. The number of hydrogen-bond donors (Lipinski definition) is 2. The Labute approximate surface area is 154 Å². The third-order valence-corrected chi connectivity index (χ3v) is 4.55. The quantitative estimate of drug-likeness (QED) is 0.476. The number of anilines is 1. The SMILES string of the molecule is CC1(C)CC(=O)C(=C(O)Cc2ccccc2)C(=Nc2ccccc2N)C1. The minimum absolute atomic E-state index is 0.0667. The highest BCUT2D eigenvalue weighted by atomic mass is 16.3. The second kappa shape index (κ2) is 7.16. The molecule has 0 amide bonds. The molecule has 0 heterocycles. The fourth-order valence-corrected chi connectivity index (χ4v) is 3.32. The third-order valence-electron chi connectivity index (χ3n) is 4.55. The Balaban J connectivity index is 2.06. The fraction of sp³-hybridized carbons (Fsp3) is 0.273. The van der Waals surface area contributed by atoms with Crippen LogP contribution in [-0.2, 0) is 11.2 Å². The molecule has 0 spiro atoms. The molecule has 3 N–H and O–H groups in total. The lowest BCUT2D eigenvalue weighted by molar-refractivity contribution is -0.117. The standard InChI is InChI=1S/C22H24N2O2/c1-22(2)13-18(24-17-11-7-6-10-16(17)23)21(20(26)14-22)19(25)12-15-8-4-3-5-9-15/h3-11,25H,12-14,23H2,1-2H3.